The predicted octanol–water partition coefficient (Wildman–Crippen LogP) is 2.92. The van der Waals surface area contributed by atoms with Crippen LogP contribution >= 0.6 is 12.4 Å². The molecule has 0 aromatic heterocycles. The quantitative estimate of drug-likeness (QED) is 0.539. The van der Waals surface area contributed by atoms with Gasteiger partial charge in [0.2, 0.25) is 0 Å². The Hall–Kier alpha value is -0.0500. The van der Waals surface area contributed by atoms with Crippen molar-refractivity contribution in [3.05, 3.63) is 12.7 Å². The highest BCUT2D eigenvalue weighted by Gasteiger charge is 2.11. The van der Waals surface area contributed by atoms with E-state index in [1.54, 1.807) is 0 Å². The molecule has 1 N–H and O–H groups in total. The molecule has 1 fully saturated rings. The monoisotopic (exact) mass is 233 g/mol. The Morgan fingerprint density at radius 3 is 2.87 bits per heavy atom. The fourth-order valence-corrected chi connectivity index (χ4v) is 1.83. The van der Waals surface area contributed by atoms with Gasteiger partial charge in [-0.2, -0.15) is 0 Å². The van der Waals surface area contributed by atoms with Crippen molar-refractivity contribution in [2.75, 3.05) is 19.8 Å². The molecule has 1 rings (SSSR count). The number of unbranched alkanes of at least 4 members (excludes halogenated alkanes) is 1. The SMILES string of the molecule is C=CCCCOCCC1CCCCN1.Cl. The summed E-state index contributed by atoms with van der Waals surface area (Å²) in [6.07, 6.45) is 9.37. The molecule has 90 valence electrons. The summed E-state index contributed by atoms with van der Waals surface area (Å²) in [7, 11) is 0. The van der Waals surface area contributed by atoms with E-state index in [1.165, 1.54) is 32.2 Å². The number of hydrogen-bond acceptors (Lipinski definition) is 2. The van der Waals surface area contributed by atoms with Gasteiger partial charge in [0.05, 0.1) is 0 Å². The molecule has 3 heteroatoms. The zero-order chi connectivity index (χ0) is 10.1. The van der Waals surface area contributed by atoms with E-state index >= 15 is 0 Å². The van der Waals surface area contributed by atoms with Gasteiger partial charge in [-0.3, -0.25) is 0 Å². The second-order valence-corrected chi connectivity index (χ2v) is 3.98. The lowest BCUT2D eigenvalue weighted by Crippen LogP contribution is -2.34. The van der Waals surface area contributed by atoms with Gasteiger partial charge in [-0.05, 0) is 38.6 Å². The maximum absolute atomic E-state index is 5.55. The van der Waals surface area contributed by atoms with Gasteiger partial charge in [0.25, 0.3) is 0 Å². The molecule has 0 radical (unpaired) electrons. The van der Waals surface area contributed by atoms with Gasteiger partial charge in [0, 0.05) is 19.3 Å². The van der Waals surface area contributed by atoms with Crippen molar-refractivity contribution >= 4 is 12.4 Å². The molecule has 2 nitrogen and oxygen atoms in total. The van der Waals surface area contributed by atoms with E-state index in [9.17, 15) is 0 Å². The van der Waals surface area contributed by atoms with E-state index in [-0.39, 0.29) is 12.4 Å². The molecule has 1 heterocycles. The van der Waals surface area contributed by atoms with Gasteiger partial charge in [-0.15, -0.1) is 19.0 Å². The molecule has 1 aliphatic rings. The summed E-state index contributed by atoms with van der Waals surface area (Å²) in [6, 6.07) is 0.711. The van der Waals surface area contributed by atoms with E-state index in [2.05, 4.69) is 11.9 Å². The standard InChI is InChI=1S/C12H23NO.ClH/c1-2-3-6-10-14-11-8-12-7-4-5-9-13-12;/h2,12-13H,1,3-11H2;1H. The fraction of sp³-hybridized carbons (Fsp3) is 0.833. The molecule has 0 aliphatic carbocycles. The topological polar surface area (TPSA) is 21.3 Å². The lowest BCUT2D eigenvalue weighted by Gasteiger charge is -2.23. The molecular weight excluding hydrogens is 210 g/mol. The van der Waals surface area contributed by atoms with Crippen LogP contribution in [0.4, 0.5) is 0 Å². The first kappa shape index (κ1) is 14.9. The van der Waals surface area contributed by atoms with E-state index < -0.39 is 0 Å². The molecular formula is C12H24ClNO. The normalized spacial score (nSPS) is 20.7. The Morgan fingerprint density at radius 1 is 1.33 bits per heavy atom. The van der Waals surface area contributed by atoms with Crippen LogP contribution in [0.2, 0.25) is 0 Å². The van der Waals surface area contributed by atoms with Gasteiger partial charge >= 0.3 is 0 Å². The van der Waals surface area contributed by atoms with Gasteiger partial charge in [-0.1, -0.05) is 12.5 Å². The van der Waals surface area contributed by atoms with E-state index in [1.807, 2.05) is 6.08 Å². The highest BCUT2D eigenvalue weighted by atomic mass is 35.5. The van der Waals surface area contributed by atoms with Gasteiger partial charge in [0.15, 0.2) is 0 Å². The third-order valence-electron chi connectivity index (χ3n) is 2.72. The first-order valence-corrected chi connectivity index (χ1v) is 5.85. The Bertz CT molecular complexity index is 147. The molecule has 0 spiro atoms. The van der Waals surface area contributed by atoms with Crippen LogP contribution in [0, 0.1) is 0 Å². The zero-order valence-electron chi connectivity index (χ0n) is 9.54. The molecule has 1 unspecified atom stereocenters. The first-order chi connectivity index (χ1) is 6.93. The number of allylic oxidation sites excluding steroid dienone is 1. The minimum Gasteiger partial charge on any atom is -0.381 e. The molecule has 0 aromatic carbocycles. The predicted molar refractivity (Wildman–Crippen MR) is 67.8 cm³/mol. The Balaban J connectivity index is 0.00000196. The third kappa shape index (κ3) is 7.83. The van der Waals surface area contributed by atoms with Crippen LogP contribution in [-0.2, 0) is 4.74 Å². The van der Waals surface area contributed by atoms with E-state index in [4.69, 9.17) is 4.74 Å². The summed E-state index contributed by atoms with van der Waals surface area (Å²) in [4.78, 5) is 0. The summed E-state index contributed by atoms with van der Waals surface area (Å²) in [5.74, 6) is 0. The average molecular weight is 234 g/mol. The maximum Gasteiger partial charge on any atom is 0.0480 e. The maximum atomic E-state index is 5.55. The van der Waals surface area contributed by atoms with E-state index in [0.29, 0.717) is 6.04 Å². The fourth-order valence-electron chi connectivity index (χ4n) is 1.83. The average Bonchev–Trinajstić information content (AvgIpc) is 2.25. The van der Waals surface area contributed by atoms with Crippen molar-refractivity contribution in [3.8, 4) is 0 Å². The molecule has 0 amide bonds. The minimum atomic E-state index is 0. The summed E-state index contributed by atoms with van der Waals surface area (Å²) in [6.45, 7) is 6.68. The molecule has 1 atom stereocenters. The number of hydrogen-bond donors (Lipinski definition) is 1. The van der Waals surface area contributed by atoms with Gasteiger partial charge in [0.1, 0.15) is 0 Å². The largest absolute Gasteiger partial charge is 0.381 e. The van der Waals surface area contributed by atoms with Crippen LogP contribution in [0.25, 0.3) is 0 Å². The number of rotatable bonds is 7. The number of ether oxygens (including phenoxy) is 1. The van der Waals surface area contributed by atoms with Gasteiger partial charge in [-0.25, -0.2) is 0 Å². The zero-order valence-corrected chi connectivity index (χ0v) is 10.4. The Morgan fingerprint density at radius 2 is 2.20 bits per heavy atom. The van der Waals surface area contributed by atoms with Crippen LogP contribution in [0.1, 0.15) is 38.5 Å². The molecule has 1 aliphatic heterocycles. The molecule has 0 bridgehead atoms. The summed E-state index contributed by atoms with van der Waals surface area (Å²) < 4.78 is 5.55. The van der Waals surface area contributed by atoms with Crippen molar-refractivity contribution in [2.24, 2.45) is 0 Å². The van der Waals surface area contributed by atoms with Crippen LogP contribution in [-0.4, -0.2) is 25.8 Å². The molecule has 15 heavy (non-hydrogen) atoms. The number of piperidine rings is 1. The summed E-state index contributed by atoms with van der Waals surface area (Å²) >= 11 is 0. The third-order valence-corrected chi connectivity index (χ3v) is 2.72. The summed E-state index contributed by atoms with van der Waals surface area (Å²) in [5.41, 5.74) is 0. The highest BCUT2D eigenvalue weighted by molar-refractivity contribution is 5.85. The van der Waals surface area contributed by atoms with Crippen LogP contribution in [0.3, 0.4) is 0 Å². The number of halogens is 1. The lowest BCUT2D eigenvalue weighted by molar-refractivity contribution is 0.119. The van der Waals surface area contributed by atoms with Crippen molar-refractivity contribution in [3.63, 3.8) is 0 Å². The summed E-state index contributed by atoms with van der Waals surface area (Å²) in [5, 5.41) is 3.52. The lowest BCUT2D eigenvalue weighted by atomic mass is 10.0. The smallest absolute Gasteiger partial charge is 0.0480 e. The van der Waals surface area contributed by atoms with Crippen LogP contribution < -0.4 is 5.32 Å². The second-order valence-electron chi connectivity index (χ2n) is 3.98. The highest BCUT2D eigenvalue weighted by Crippen LogP contribution is 2.09. The molecule has 0 saturated carbocycles. The van der Waals surface area contributed by atoms with Gasteiger partial charge < -0.3 is 10.1 Å². The molecule has 1 saturated heterocycles. The van der Waals surface area contributed by atoms with Crippen molar-refractivity contribution in [1.82, 2.24) is 5.32 Å². The Labute approximate surface area is 99.9 Å². The second kappa shape index (κ2) is 10.5. The Kier molecular flexibility index (Phi) is 10.4. The van der Waals surface area contributed by atoms with Crippen molar-refractivity contribution in [1.29, 1.82) is 0 Å². The minimum absolute atomic E-state index is 0. The van der Waals surface area contributed by atoms with E-state index in [0.717, 1.165) is 26.1 Å². The van der Waals surface area contributed by atoms with Crippen molar-refractivity contribution < 1.29 is 4.74 Å². The molecule has 0 aromatic rings. The van der Waals surface area contributed by atoms with Crippen LogP contribution in [0.5, 0.6) is 0 Å². The van der Waals surface area contributed by atoms with Crippen molar-refractivity contribution in [2.45, 2.75) is 44.6 Å². The first-order valence-electron chi connectivity index (χ1n) is 5.85. The van der Waals surface area contributed by atoms with Crippen LogP contribution in [0.15, 0.2) is 12.7 Å². The number of nitrogens with one attached hydrogen (secondary N) is 1.